The maximum absolute atomic E-state index is 12.0. The molecule has 0 aliphatic heterocycles. The second-order valence-corrected chi connectivity index (χ2v) is 6.84. The van der Waals surface area contributed by atoms with Crippen LogP contribution < -0.4 is 15.4 Å². The van der Waals surface area contributed by atoms with Gasteiger partial charge in [-0.05, 0) is 30.3 Å². The molecule has 1 heterocycles. The van der Waals surface area contributed by atoms with Crippen LogP contribution in [0.2, 0.25) is 15.1 Å². The van der Waals surface area contributed by atoms with Crippen LogP contribution in [0.4, 0.5) is 21.2 Å². The molecule has 0 saturated carbocycles. The van der Waals surface area contributed by atoms with Gasteiger partial charge in [0.1, 0.15) is 0 Å². The second kappa shape index (κ2) is 7.93. The molecule has 2 aromatic carbocycles. The normalized spacial score (nSPS) is 10.4. The molecule has 1 amide bonds. The molecule has 0 atom stereocenters. The van der Waals surface area contributed by atoms with Crippen LogP contribution in [-0.2, 0) is 0 Å². The molecule has 128 valence electrons. The Morgan fingerprint density at radius 1 is 1.08 bits per heavy atom. The lowest BCUT2D eigenvalue weighted by Gasteiger charge is -2.10. The largest absolute Gasteiger partial charge is 0.418 e. The lowest BCUT2D eigenvalue weighted by molar-refractivity contribution is 0.214. The van der Waals surface area contributed by atoms with Gasteiger partial charge in [-0.2, -0.15) is 0 Å². The van der Waals surface area contributed by atoms with Gasteiger partial charge in [0.05, 0.1) is 21.2 Å². The van der Waals surface area contributed by atoms with Crippen LogP contribution in [0, 0.1) is 0 Å². The van der Waals surface area contributed by atoms with Crippen LogP contribution in [0.1, 0.15) is 0 Å². The van der Waals surface area contributed by atoms with Gasteiger partial charge in [0.15, 0.2) is 5.00 Å². The Kier molecular flexibility index (Phi) is 5.65. The van der Waals surface area contributed by atoms with Crippen LogP contribution in [0.25, 0.3) is 0 Å². The van der Waals surface area contributed by atoms with E-state index >= 15 is 0 Å². The third kappa shape index (κ3) is 4.55. The molecule has 0 spiro atoms. The number of ether oxygens (including phenoxy) is 1. The zero-order valence-electron chi connectivity index (χ0n) is 12.4. The fraction of sp³-hybridized carbons (Fsp3) is 0. The molecule has 0 fully saturated rings. The molecule has 5 nitrogen and oxygen atoms in total. The van der Waals surface area contributed by atoms with E-state index in [0.29, 0.717) is 31.4 Å². The summed E-state index contributed by atoms with van der Waals surface area (Å²) in [5, 5.41) is 7.49. The smallest absolute Gasteiger partial charge is 0.388 e. The van der Waals surface area contributed by atoms with E-state index in [4.69, 9.17) is 39.5 Å². The third-order valence-electron chi connectivity index (χ3n) is 3.00. The number of thiazole rings is 1. The van der Waals surface area contributed by atoms with E-state index in [2.05, 4.69) is 15.6 Å². The first-order valence-corrected chi connectivity index (χ1v) is 8.93. The summed E-state index contributed by atoms with van der Waals surface area (Å²) in [5.41, 5.74) is 2.56. The van der Waals surface area contributed by atoms with Crippen LogP contribution in [0.5, 0.6) is 5.88 Å². The van der Waals surface area contributed by atoms with Crippen molar-refractivity contribution in [1.82, 2.24) is 4.98 Å². The predicted octanol–water partition coefficient (Wildman–Crippen LogP) is 6.46. The lowest BCUT2D eigenvalue weighted by atomic mass is 10.3. The van der Waals surface area contributed by atoms with Crippen molar-refractivity contribution in [3.8, 4) is 5.88 Å². The van der Waals surface area contributed by atoms with Crippen molar-refractivity contribution in [3.05, 3.63) is 63.0 Å². The summed E-state index contributed by atoms with van der Waals surface area (Å²) >= 11 is 19.4. The highest BCUT2D eigenvalue weighted by Crippen LogP contribution is 2.37. The van der Waals surface area contributed by atoms with Crippen molar-refractivity contribution < 1.29 is 9.53 Å². The first kappa shape index (κ1) is 17.8. The number of para-hydroxylation sites is 1. The minimum atomic E-state index is -0.693. The number of halogens is 3. The SMILES string of the molecule is O=C(Nc1cccc(Cl)c1)Oc1ncsc1Nc1c(Cl)cccc1Cl. The Morgan fingerprint density at radius 2 is 1.80 bits per heavy atom. The number of aromatic nitrogens is 1. The molecule has 9 heteroatoms. The zero-order valence-corrected chi connectivity index (χ0v) is 15.5. The summed E-state index contributed by atoms with van der Waals surface area (Å²) in [6.45, 7) is 0. The van der Waals surface area contributed by atoms with Gasteiger partial charge in [0.2, 0.25) is 0 Å². The van der Waals surface area contributed by atoms with E-state index < -0.39 is 6.09 Å². The summed E-state index contributed by atoms with van der Waals surface area (Å²) in [6.07, 6.45) is -0.693. The number of nitrogens with zero attached hydrogens (tertiary/aromatic N) is 1. The zero-order chi connectivity index (χ0) is 17.8. The topological polar surface area (TPSA) is 63.2 Å². The summed E-state index contributed by atoms with van der Waals surface area (Å²) in [5.74, 6) is 0.112. The fourth-order valence-corrected chi connectivity index (χ4v) is 3.21. The minimum Gasteiger partial charge on any atom is -0.388 e. The molecule has 0 bridgehead atoms. The minimum absolute atomic E-state index is 0.112. The maximum atomic E-state index is 12.0. The Morgan fingerprint density at radius 3 is 2.52 bits per heavy atom. The first-order chi connectivity index (χ1) is 12.0. The number of rotatable bonds is 4. The molecule has 1 aromatic heterocycles. The second-order valence-electron chi connectivity index (χ2n) is 4.73. The van der Waals surface area contributed by atoms with Gasteiger partial charge in [-0.15, -0.1) is 11.3 Å². The number of amides is 1. The van der Waals surface area contributed by atoms with Crippen molar-refractivity contribution in [2.45, 2.75) is 0 Å². The van der Waals surface area contributed by atoms with E-state index in [0.717, 1.165) is 0 Å². The molecule has 3 aromatic rings. The maximum Gasteiger partial charge on any atom is 0.418 e. The third-order valence-corrected chi connectivity index (χ3v) is 4.58. The highest BCUT2D eigenvalue weighted by molar-refractivity contribution is 7.14. The van der Waals surface area contributed by atoms with Gasteiger partial charge in [-0.25, -0.2) is 9.78 Å². The van der Waals surface area contributed by atoms with E-state index in [1.807, 2.05) is 0 Å². The molecule has 2 N–H and O–H groups in total. The van der Waals surface area contributed by atoms with E-state index in [-0.39, 0.29) is 5.88 Å². The molecule has 0 saturated heterocycles. The van der Waals surface area contributed by atoms with Gasteiger partial charge in [0.25, 0.3) is 5.88 Å². The van der Waals surface area contributed by atoms with Gasteiger partial charge >= 0.3 is 6.09 Å². The summed E-state index contributed by atoms with van der Waals surface area (Å²) < 4.78 is 5.24. The molecule has 0 aliphatic carbocycles. The van der Waals surface area contributed by atoms with Crippen molar-refractivity contribution in [3.63, 3.8) is 0 Å². The number of carbonyl (C=O) groups excluding carboxylic acids is 1. The van der Waals surface area contributed by atoms with Crippen LogP contribution in [0.15, 0.2) is 48.0 Å². The average molecular weight is 415 g/mol. The Labute approximate surface area is 162 Å². The van der Waals surface area contributed by atoms with Crippen LogP contribution in [-0.4, -0.2) is 11.1 Å². The predicted molar refractivity (Wildman–Crippen MR) is 103 cm³/mol. The van der Waals surface area contributed by atoms with Crippen molar-refractivity contribution >= 4 is 68.6 Å². The van der Waals surface area contributed by atoms with Gasteiger partial charge in [0, 0.05) is 10.7 Å². The Balaban J connectivity index is 1.72. The number of hydrogen-bond acceptors (Lipinski definition) is 5. The highest BCUT2D eigenvalue weighted by Gasteiger charge is 2.15. The number of anilines is 3. The Bertz CT molecular complexity index is 897. The van der Waals surface area contributed by atoms with Gasteiger partial charge in [-0.1, -0.05) is 46.9 Å². The monoisotopic (exact) mass is 413 g/mol. The number of benzene rings is 2. The van der Waals surface area contributed by atoms with Crippen molar-refractivity contribution in [2.75, 3.05) is 10.6 Å². The molecule has 0 unspecified atom stereocenters. The van der Waals surface area contributed by atoms with Crippen molar-refractivity contribution in [1.29, 1.82) is 0 Å². The summed E-state index contributed by atoms with van der Waals surface area (Å²) in [7, 11) is 0. The van der Waals surface area contributed by atoms with E-state index in [9.17, 15) is 4.79 Å². The molecule has 25 heavy (non-hydrogen) atoms. The Hall–Kier alpha value is -1.99. The van der Waals surface area contributed by atoms with E-state index in [1.54, 1.807) is 42.5 Å². The van der Waals surface area contributed by atoms with Gasteiger partial charge in [-0.3, -0.25) is 5.32 Å². The van der Waals surface area contributed by atoms with Crippen LogP contribution >= 0.6 is 46.1 Å². The fourth-order valence-electron chi connectivity index (χ4n) is 1.92. The summed E-state index contributed by atoms with van der Waals surface area (Å²) in [6, 6.07) is 11.8. The standard InChI is InChI=1S/C16H10Cl3N3O2S/c17-9-3-1-4-10(7-9)21-16(23)24-14-15(25-8-20-14)22-13-11(18)5-2-6-12(13)19/h1-8,22H,(H,21,23). The number of hydrogen-bond donors (Lipinski definition) is 2. The molecule has 0 radical (unpaired) electrons. The lowest BCUT2D eigenvalue weighted by Crippen LogP contribution is -2.17. The summed E-state index contributed by atoms with van der Waals surface area (Å²) in [4.78, 5) is 16.1. The molecule has 0 aliphatic rings. The van der Waals surface area contributed by atoms with E-state index in [1.165, 1.54) is 16.8 Å². The molecular weight excluding hydrogens is 405 g/mol. The average Bonchev–Trinajstić information content (AvgIpc) is 2.98. The number of carbonyl (C=O) groups is 1. The molecule has 3 rings (SSSR count). The van der Waals surface area contributed by atoms with Gasteiger partial charge < -0.3 is 10.1 Å². The number of nitrogens with one attached hydrogen (secondary N) is 2. The highest BCUT2D eigenvalue weighted by atomic mass is 35.5. The van der Waals surface area contributed by atoms with Crippen LogP contribution in [0.3, 0.4) is 0 Å². The van der Waals surface area contributed by atoms with Crippen molar-refractivity contribution in [2.24, 2.45) is 0 Å². The molecular formula is C16H10Cl3N3O2S. The quantitative estimate of drug-likeness (QED) is 0.514. The first-order valence-electron chi connectivity index (χ1n) is 6.92.